The van der Waals surface area contributed by atoms with Gasteiger partial charge in [0.15, 0.2) is 0 Å². The molecule has 0 aromatic carbocycles. The van der Waals surface area contributed by atoms with Crippen molar-refractivity contribution in [3.63, 3.8) is 0 Å². The lowest BCUT2D eigenvalue weighted by Gasteiger charge is -2.25. The van der Waals surface area contributed by atoms with Crippen LogP contribution in [0.5, 0.6) is 0 Å². The number of ether oxygens (including phenoxy) is 1. The highest BCUT2D eigenvalue weighted by atomic mass is 16.6. The number of amides is 1. The van der Waals surface area contributed by atoms with Gasteiger partial charge in [-0.25, -0.2) is 4.79 Å². The predicted octanol–water partition coefficient (Wildman–Crippen LogP) is 2.22. The van der Waals surface area contributed by atoms with E-state index >= 15 is 0 Å². The van der Waals surface area contributed by atoms with Crippen LogP contribution >= 0.6 is 0 Å². The first-order valence-corrected chi connectivity index (χ1v) is 5.76. The van der Waals surface area contributed by atoms with E-state index < -0.39 is 5.60 Å². The maximum absolute atomic E-state index is 11.8. The summed E-state index contributed by atoms with van der Waals surface area (Å²) in [6.07, 6.45) is 2.18. The van der Waals surface area contributed by atoms with Crippen molar-refractivity contribution in [2.75, 3.05) is 13.1 Å². The van der Waals surface area contributed by atoms with Gasteiger partial charge in [0.05, 0.1) is 0 Å². The Bertz CT molecular complexity index is 282. The minimum absolute atomic E-state index is 0.315. The first kappa shape index (κ1) is 13.0. The summed E-state index contributed by atoms with van der Waals surface area (Å²) in [7, 11) is 0. The lowest BCUT2D eigenvalue weighted by atomic mass is 9.86. The third-order valence-electron chi connectivity index (χ3n) is 2.99. The van der Waals surface area contributed by atoms with Crippen molar-refractivity contribution in [3.05, 3.63) is 0 Å². The summed E-state index contributed by atoms with van der Waals surface area (Å²) < 4.78 is 5.28. The summed E-state index contributed by atoms with van der Waals surface area (Å²) in [6.45, 7) is 8.60. The first-order valence-electron chi connectivity index (χ1n) is 5.76. The number of hydrogen-bond donors (Lipinski definition) is 0. The topological polar surface area (TPSA) is 46.6 Å². The van der Waals surface area contributed by atoms with E-state index in [0.29, 0.717) is 13.1 Å². The Morgan fingerprint density at radius 2 is 2.12 bits per heavy atom. The zero-order valence-corrected chi connectivity index (χ0v) is 10.6. The molecule has 1 aliphatic rings. The van der Waals surface area contributed by atoms with E-state index in [-0.39, 0.29) is 11.5 Å². The fourth-order valence-corrected chi connectivity index (χ4v) is 1.85. The molecule has 1 aliphatic heterocycles. The molecule has 1 unspecified atom stereocenters. The van der Waals surface area contributed by atoms with Crippen LogP contribution in [-0.2, 0) is 9.53 Å². The SMILES string of the molecule is CCC1(C=O)CCN(C(=O)OC(C)(C)C)C1. The molecule has 4 heteroatoms. The van der Waals surface area contributed by atoms with Gasteiger partial charge >= 0.3 is 6.09 Å². The summed E-state index contributed by atoms with van der Waals surface area (Å²) in [5.74, 6) is 0. The molecule has 92 valence electrons. The Kier molecular flexibility index (Phi) is 3.61. The van der Waals surface area contributed by atoms with E-state index in [1.807, 2.05) is 27.7 Å². The first-order chi connectivity index (χ1) is 7.32. The summed E-state index contributed by atoms with van der Waals surface area (Å²) in [5.41, 5.74) is -0.827. The lowest BCUT2D eigenvalue weighted by Crippen LogP contribution is -2.37. The normalized spacial score (nSPS) is 25.6. The third-order valence-corrected chi connectivity index (χ3v) is 2.99. The maximum atomic E-state index is 11.8. The number of aldehydes is 1. The lowest BCUT2D eigenvalue weighted by molar-refractivity contribution is -0.115. The smallest absolute Gasteiger partial charge is 0.410 e. The predicted molar refractivity (Wildman–Crippen MR) is 61.2 cm³/mol. The van der Waals surface area contributed by atoms with E-state index in [4.69, 9.17) is 4.74 Å². The number of hydrogen-bond acceptors (Lipinski definition) is 3. The summed E-state index contributed by atoms with van der Waals surface area (Å²) in [4.78, 5) is 24.4. The number of likely N-dealkylation sites (tertiary alicyclic amines) is 1. The largest absolute Gasteiger partial charge is 0.444 e. The number of nitrogens with zero attached hydrogens (tertiary/aromatic N) is 1. The molecule has 0 saturated carbocycles. The second-order valence-electron chi connectivity index (χ2n) is 5.49. The van der Waals surface area contributed by atoms with Crippen molar-refractivity contribution < 1.29 is 14.3 Å². The molecule has 0 aliphatic carbocycles. The van der Waals surface area contributed by atoms with Crippen molar-refractivity contribution >= 4 is 12.4 Å². The van der Waals surface area contributed by atoms with Crippen molar-refractivity contribution in [1.29, 1.82) is 0 Å². The summed E-state index contributed by atoms with van der Waals surface area (Å²) in [5, 5.41) is 0. The fourth-order valence-electron chi connectivity index (χ4n) is 1.85. The number of carbonyl (C=O) groups is 2. The minimum atomic E-state index is -0.476. The van der Waals surface area contributed by atoms with Gasteiger partial charge < -0.3 is 14.4 Å². The van der Waals surface area contributed by atoms with Crippen LogP contribution in [0.2, 0.25) is 0 Å². The zero-order valence-electron chi connectivity index (χ0n) is 10.6. The Morgan fingerprint density at radius 1 is 1.50 bits per heavy atom. The highest BCUT2D eigenvalue weighted by Crippen LogP contribution is 2.32. The molecule has 0 aromatic rings. The van der Waals surface area contributed by atoms with Gasteiger partial charge in [-0.05, 0) is 33.6 Å². The van der Waals surface area contributed by atoms with Gasteiger partial charge in [-0.2, -0.15) is 0 Å². The average Bonchev–Trinajstić information content (AvgIpc) is 2.60. The number of rotatable bonds is 2. The Labute approximate surface area is 96.9 Å². The van der Waals surface area contributed by atoms with Crippen molar-refractivity contribution in [2.45, 2.75) is 46.1 Å². The van der Waals surface area contributed by atoms with Gasteiger partial charge in [-0.15, -0.1) is 0 Å². The highest BCUT2D eigenvalue weighted by Gasteiger charge is 2.39. The standard InChI is InChI=1S/C12H21NO3/c1-5-12(9-14)6-7-13(8-12)10(15)16-11(2,3)4/h9H,5-8H2,1-4H3. The van der Waals surface area contributed by atoms with Crippen LogP contribution in [0.3, 0.4) is 0 Å². The Morgan fingerprint density at radius 3 is 2.50 bits per heavy atom. The second kappa shape index (κ2) is 4.44. The Hall–Kier alpha value is -1.06. The molecule has 1 heterocycles. The molecule has 1 saturated heterocycles. The van der Waals surface area contributed by atoms with Crippen molar-refractivity contribution in [1.82, 2.24) is 4.90 Å². The van der Waals surface area contributed by atoms with Crippen molar-refractivity contribution in [3.8, 4) is 0 Å². The molecule has 16 heavy (non-hydrogen) atoms. The monoisotopic (exact) mass is 227 g/mol. The minimum Gasteiger partial charge on any atom is -0.444 e. The summed E-state index contributed by atoms with van der Waals surface area (Å²) in [6, 6.07) is 0. The van der Waals surface area contributed by atoms with E-state index in [2.05, 4.69) is 0 Å². The molecule has 1 rings (SSSR count). The van der Waals surface area contributed by atoms with E-state index in [1.165, 1.54) is 0 Å². The van der Waals surface area contributed by atoms with Crippen molar-refractivity contribution in [2.24, 2.45) is 5.41 Å². The number of carbonyl (C=O) groups excluding carboxylic acids is 2. The van der Waals surface area contributed by atoms with Crippen LogP contribution in [-0.4, -0.2) is 36.0 Å². The molecular formula is C12H21NO3. The summed E-state index contributed by atoms with van der Waals surface area (Å²) >= 11 is 0. The highest BCUT2D eigenvalue weighted by molar-refractivity contribution is 5.71. The van der Waals surface area contributed by atoms with Crippen LogP contribution in [0.1, 0.15) is 40.5 Å². The Balaban J connectivity index is 2.59. The van der Waals surface area contributed by atoms with Crippen LogP contribution in [0, 0.1) is 5.41 Å². The fraction of sp³-hybridized carbons (Fsp3) is 0.833. The van der Waals surface area contributed by atoms with Crippen LogP contribution in [0.25, 0.3) is 0 Å². The van der Waals surface area contributed by atoms with Gasteiger partial charge in [0.25, 0.3) is 0 Å². The molecule has 0 N–H and O–H groups in total. The van der Waals surface area contributed by atoms with Gasteiger partial charge in [0.2, 0.25) is 0 Å². The average molecular weight is 227 g/mol. The maximum Gasteiger partial charge on any atom is 0.410 e. The second-order valence-corrected chi connectivity index (χ2v) is 5.49. The van der Waals surface area contributed by atoms with Crippen LogP contribution in [0.4, 0.5) is 4.79 Å². The molecule has 4 nitrogen and oxygen atoms in total. The molecule has 1 atom stereocenters. The van der Waals surface area contributed by atoms with E-state index in [1.54, 1.807) is 4.90 Å². The van der Waals surface area contributed by atoms with Crippen LogP contribution < -0.4 is 0 Å². The molecule has 1 amide bonds. The third kappa shape index (κ3) is 2.97. The van der Waals surface area contributed by atoms with Gasteiger partial charge in [0, 0.05) is 18.5 Å². The molecule has 1 fully saturated rings. The van der Waals surface area contributed by atoms with E-state index in [9.17, 15) is 9.59 Å². The van der Waals surface area contributed by atoms with E-state index in [0.717, 1.165) is 19.1 Å². The molecule has 0 spiro atoms. The van der Waals surface area contributed by atoms with Crippen LogP contribution in [0.15, 0.2) is 0 Å². The van der Waals surface area contributed by atoms with Gasteiger partial charge in [0.1, 0.15) is 11.9 Å². The zero-order chi connectivity index (χ0) is 12.4. The molecule has 0 radical (unpaired) electrons. The quantitative estimate of drug-likeness (QED) is 0.679. The van der Waals surface area contributed by atoms with Gasteiger partial charge in [-0.1, -0.05) is 6.92 Å². The van der Waals surface area contributed by atoms with Gasteiger partial charge in [-0.3, -0.25) is 0 Å². The molecule has 0 bridgehead atoms. The molecule has 0 aromatic heterocycles. The molecular weight excluding hydrogens is 206 g/mol.